The molecule has 0 unspecified atom stereocenters. The van der Waals surface area contributed by atoms with Crippen molar-refractivity contribution in [1.82, 2.24) is 4.90 Å². The molecule has 0 aromatic heterocycles. The molecule has 0 saturated carbocycles. The summed E-state index contributed by atoms with van der Waals surface area (Å²) in [5.74, 6) is -9.69. The van der Waals surface area contributed by atoms with Crippen molar-refractivity contribution in [2.24, 2.45) is 5.92 Å². The Morgan fingerprint density at radius 3 is 1.74 bits per heavy atom. The van der Waals surface area contributed by atoms with E-state index in [0.717, 1.165) is 4.90 Å². The second-order valence-electron chi connectivity index (χ2n) is 5.88. The molecular weight excluding hydrogens is 319 g/mol. The second kappa shape index (κ2) is 6.72. The molecule has 128 valence electrons. The first-order valence-electron chi connectivity index (χ1n) is 7.28. The van der Waals surface area contributed by atoms with Crippen molar-refractivity contribution >= 4 is 11.6 Å². The van der Waals surface area contributed by atoms with Crippen molar-refractivity contribution in [1.29, 1.82) is 0 Å². The predicted molar refractivity (Wildman–Crippen MR) is 74.5 cm³/mol. The van der Waals surface area contributed by atoms with E-state index in [2.05, 4.69) is 0 Å². The van der Waals surface area contributed by atoms with E-state index in [0.29, 0.717) is 6.42 Å². The number of piperazine rings is 1. The van der Waals surface area contributed by atoms with Gasteiger partial charge in [-0.05, 0) is 5.92 Å². The van der Waals surface area contributed by atoms with Gasteiger partial charge >= 0.3 is 0 Å². The van der Waals surface area contributed by atoms with Gasteiger partial charge in [0, 0.05) is 32.6 Å². The predicted octanol–water partition coefficient (Wildman–Crippen LogP) is 3.08. The summed E-state index contributed by atoms with van der Waals surface area (Å²) in [4.78, 5) is 14.5. The SMILES string of the molecule is CC(C)CC(=O)N1CCN(c2c(F)c(F)c(F)c(F)c2F)CC1. The highest BCUT2D eigenvalue weighted by atomic mass is 19.2. The molecule has 2 rings (SSSR count). The van der Waals surface area contributed by atoms with Crippen LogP contribution in [0.5, 0.6) is 0 Å². The minimum atomic E-state index is -2.17. The Bertz CT molecular complexity index is 583. The van der Waals surface area contributed by atoms with Gasteiger partial charge in [-0.25, -0.2) is 22.0 Å². The number of halogens is 5. The monoisotopic (exact) mass is 336 g/mol. The number of hydrogen-bond acceptors (Lipinski definition) is 2. The van der Waals surface area contributed by atoms with E-state index in [1.54, 1.807) is 0 Å². The fourth-order valence-electron chi connectivity index (χ4n) is 2.53. The lowest BCUT2D eigenvalue weighted by molar-refractivity contribution is -0.132. The van der Waals surface area contributed by atoms with E-state index >= 15 is 0 Å². The van der Waals surface area contributed by atoms with Gasteiger partial charge in [0.25, 0.3) is 0 Å². The summed E-state index contributed by atoms with van der Waals surface area (Å²) >= 11 is 0. The summed E-state index contributed by atoms with van der Waals surface area (Å²) in [6.07, 6.45) is 0.350. The lowest BCUT2D eigenvalue weighted by atomic mass is 10.1. The summed E-state index contributed by atoms with van der Waals surface area (Å²) in [7, 11) is 0. The molecule has 8 heteroatoms. The minimum Gasteiger partial charge on any atom is -0.363 e. The zero-order valence-electron chi connectivity index (χ0n) is 12.8. The number of benzene rings is 1. The number of carbonyl (C=O) groups is 1. The average molecular weight is 336 g/mol. The van der Waals surface area contributed by atoms with Gasteiger partial charge in [0.05, 0.1) is 0 Å². The molecule has 0 bridgehead atoms. The Hall–Kier alpha value is -1.86. The van der Waals surface area contributed by atoms with Gasteiger partial charge < -0.3 is 9.80 Å². The van der Waals surface area contributed by atoms with Gasteiger partial charge in [-0.15, -0.1) is 0 Å². The van der Waals surface area contributed by atoms with Gasteiger partial charge in [-0.2, -0.15) is 0 Å². The number of hydrogen-bond donors (Lipinski definition) is 0. The lowest BCUT2D eigenvalue weighted by Gasteiger charge is -2.36. The van der Waals surface area contributed by atoms with Crippen molar-refractivity contribution in [2.45, 2.75) is 20.3 Å². The largest absolute Gasteiger partial charge is 0.363 e. The maximum atomic E-state index is 13.8. The summed E-state index contributed by atoms with van der Waals surface area (Å²) in [6, 6.07) is 0. The molecule has 0 atom stereocenters. The highest BCUT2D eigenvalue weighted by Crippen LogP contribution is 2.30. The molecule has 1 saturated heterocycles. The molecule has 0 spiro atoms. The molecule has 0 radical (unpaired) electrons. The van der Waals surface area contributed by atoms with Gasteiger partial charge in [0.15, 0.2) is 23.3 Å². The van der Waals surface area contributed by atoms with Crippen LogP contribution in [0.15, 0.2) is 0 Å². The van der Waals surface area contributed by atoms with E-state index in [4.69, 9.17) is 0 Å². The Kier molecular flexibility index (Phi) is 5.11. The Morgan fingerprint density at radius 1 is 0.870 bits per heavy atom. The fourth-order valence-corrected chi connectivity index (χ4v) is 2.53. The van der Waals surface area contributed by atoms with E-state index in [9.17, 15) is 26.7 Å². The summed E-state index contributed by atoms with van der Waals surface area (Å²) in [5.41, 5.74) is -0.933. The molecule has 1 heterocycles. The molecule has 1 aliphatic rings. The second-order valence-corrected chi connectivity index (χ2v) is 5.88. The normalized spacial score (nSPS) is 15.5. The Morgan fingerprint density at radius 2 is 1.30 bits per heavy atom. The highest BCUT2D eigenvalue weighted by Gasteiger charge is 2.31. The number of carbonyl (C=O) groups excluding carboxylic acids is 1. The van der Waals surface area contributed by atoms with Crippen molar-refractivity contribution in [3.05, 3.63) is 29.1 Å². The third kappa shape index (κ3) is 3.40. The first-order valence-corrected chi connectivity index (χ1v) is 7.28. The number of rotatable bonds is 3. The molecule has 0 N–H and O–H groups in total. The van der Waals surface area contributed by atoms with Crippen molar-refractivity contribution < 1.29 is 26.7 Å². The standard InChI is InChI=1S/C15H17F5N2O/c1-8(2)7-9(23)21-3-5-22(6-4-21)15-13(19)11(17)10(16)12(18)14(15)20/h8H,3-7H2,1-2H3. The van der Waals surface area contributed by atoms with Crippen molar-refractivity contribution in [3.8, 4) is 0 Å². The van der Waals surface area contributed by atoms with E-state index in [-0.39, 0.29) is 38.0 Å². The topological polar surface area (TPSA) is 23.6 Å². The van der Waals surface area contributed by atoms with Crippen LogP contribution in [0.4, 0.5) is 27.6 Å². The van der Waals surface area contributed by atoms with Crippen LogP contribution in [0, 0.1) is 35.0 Å². The molecule has 0 aliphatic carbocycles. The maximum absolute atomic E-state index is 13.8. The summed E-state index contributed by atoms with van der Waals surface area (Å²) < 4.78 is 67.1. The van der Waals surface area contributed by atoms with Crippen LogP contribution in [0.1, 0.15) is 20.3 Å². The van der Waals surface area contributed by atoms with Gasteiger partial charge in [0.2, 0.25) is 11.7 Å². The van der Waals surface area contributed by atoms with E-state index in [1.165, 1.54) is 4.90 Å². The van der Waals surface area contributed by atoms with Crippen LogP contribution in [0.2, 0.25) is 0 Å². The molecule has 1 aliphatic heterocycles. The number of anilines is 1. The summed E-state index contributed by atoms with van der Waals surface area (Å²) in [6.45, 7) is 4.13. The first-order chi connectivity index (χ1) is 10.7. The van der Waals surface area contributed by atoms with Crippen molar-refractivity contribution in [2.75, 3.05) is 31.1 Å². The zero-order valence-corrected chi connectivity index (χ0v) is 12.8. The third-order valence-electron chi connectivity index (χ3n) is 3.72. The van der Waals surface area contributed by atoms with Crippen LogP contribution in [-0.4, -0.2) is 37.0 Å². The average Bonchev–Trinajstić information content (AvgIpc) is 2.51. The van der Waals surface area contributed by atoms with E-state index < -0.39 is 34.8 Å². The molecule has 1 aromatic rings. The van der Waals surface area contributed by atoms with E-state index in [1.807, 2.05) is 13.8 Å². The van der Waals surface area contributed by atoms with Crippen LogP contribution < -0.4 is 4.90 Å². The summed E-state index contributed by atoms with van der Waals surface area (Å²) in [5, 5.41) is 0. The molecule has 3 nitrogen and oxygen atoms in total. The Balaban J connectivity index is 2.17. The number of amides is 1. The smallest absolute Gasteiger partial charge is 0.222 e. The first kappa shape index (κ1) is 17.5. The van der Waals surface area contributed by atoms with Gasteiger partial charge in [-0.3, -0.25) is 4.79 Å². The number of nitrogens with zero attached hydrogens (tertiary/aromatic N) is 2. The quantitative estimate of drug-likeness (QED) is 0.481. The van der Waals surface area contributed by atoms with Crippen LogP contribution in [0.25, 0.3) is 0 Å². The highest BCUT2D eigenvalue weighted by molar-refractivity contribution is 5.76. The molecule has 23 heavy (non-hydrogen) atoms. The minimum absolute atomic E-state index is 0.00217. The lowest BCUT2D eigenvalue weighted by Crippen LogP contribution is -2.49. The Labute approximate surface area is 130 Å². The molecular formula is C15H17F5N2O. The molecule has 1 amide bonds. The molecule has 1 fully saturated rings. The molecule has 1 aromatic carbocycles. The van der Waals surface area contributed by atoms with Crippen LogP contribution in [0.3, 0.4) is 0 Å². The zero-order chi connectivity index (χ0) is 17.3. The van der Waals surface area contributed by atoms with Crippen LogP contribution in [-0.2, 0) is 4.79 Å². The van der Waals surface area contributed by atoms with Gasteiger partial charge in [0.1, 0.15) is 5.69 Å². The van der Waals surface area contributed by atoms with Gasteiger partial charge in [-0.1, -0.05) is 13.8 Å². The fraction of sp³-hybridized carbons (Fsp3) is 0.533. The van der Waals surface area contributed by atoms with Crippen molar-refractivity contribution in [3.63, 3.8) is 0 Å². The van der Waals surface area contributed by atoms with Crippen LogP contribution >= 0.6 is 0 Å². The maximum Gasteiger partial charge on any atom is 0.222 e. The third-order valence-corrected chi connectivity index (χ3v) is 3.72.